The van der Waals surface area contributed by atoms with E-state index in [0.29, 0.717) is 12.3 Å². The van der Waals surface area contributed by atoms with Gasteiger partial charge in [0.05, 0.1) is 20.0 Å². The van der Waals surface area contributed by atoms with Crippen LogP contribution in [-0.4, -0.2) is 25.0 Å². The number of methoxy groups -OCH3 is 1. The normalized spacial score (nSPS) is 12.0. The molecule has 4 heteroatoms. The average molecular weight is 291 g/mol. The van der Waals surface area contributed by atoms with Crippen LogP contribution in [0.15, 0.2) is 24.3 Å². The topological polar surface area (TPSA) is 55.4 Å². The fraction of sp³-hybridized carbons (Fsp3) is 0.529. The molecule has 1 aromatic rings. The molecule has 116 valence electrons. The third-order valence-corrected chi connectivity index (χ3v) is 3.14. The van der Waals surface area contributed by atoms with Crippen LogP contribution in [0.5, 0.6) is 0 Å². The van der Waals surface area contributed by atoms with Gasteiger partial charge in [0.15, 0.2) is 0 Å². The minimum atomic E-state index is -0.319. The second-order valence-electron chi connectivity index (χ2n) is 5.84. The van der Waals surface area contributed by atoms with Crippen LogP contribution < -0.4 is 5.32 Å². The number of nitrogens with one attached hydrogen (secondary N) is 1. The summed E-state index contributed by atoms with van der Waals surface area (Å²) in [6.07, 6.45) is 1.56. The minimum absolute atomic E-state index is 0.0805. The fourth-order valence-corrected chi connectivity index (χ4v) is 2.16. The van der Waals surface area contributed by atoms with E-state index in [2.05, 4.69) is 36.0 Å². The van der Waals surface area contributed by atoms with Gasteiger partial charge < -0.3 is 10.1 Å². The zero-order valence-electron chi connectivity index (χ0n) is 13.3. The molecule has 21 heavy (non-hydrogen) atoms. The summed E-state index contributed by atoms with van der Waals surface area (Å²) in [5, 5.41) is 2.80. The van der Waals surface area contributed by atoms with Gasteiger partial charge in [-0.1, -0.05) is 38.1 Å². The highest BCUT2D eigenvalue weighted by molar-refractivity contribution is 5.79. The van der Waals surface area contributed by atoms with Gasteiger partial charge in [0.2, 0.25) is 5.91 Å². The van der Waals surface area contributed by atoms with Crippen molar-refractivity contribution in [1.82, 2.24) is 5.32 Å². The number of amides is 1. The van der Waals surface area contributed by atoms with Crippen LogP contribution >= 0.6 is 0 Å². The average Bonchev–Trinajstić information content (AvgIpc) is 2.39. The lowest BCUT2D eigenvalue weighted by molar-refractivity contribution is -0.141. The summed E-state index contributed by atoms with van der Waals surface area (Å²) in [7, 11) is 1.34. The first-order chi connectivity index (χ1) is 9.90. The predicted molar refractivity (Wildman–Crippen MR) is 82.9 cm³/mol. The van der Waals surface area contributed by atoms with E-state index < -0.39 is 0 Å². The lowest BCUT2D eigenvalue weighted by Crippen LogP contribution is -2.35. The van der Waals surface area contributed by atoms with E-state index in [1.807, 2.05) is 12.1 Å². The molecule has 1 amide bonds. The van der Waals surface area contributed by atoms with E-state index in [4.69, 9.17) is 0 Å². The van der Waals surface area contributed by atoms with Crippen LogP contribution in [0.3, 0.4) is 0 Å². The van der Waals surface area contributed by atoms with Crippen molar-refractivity contribution < 1.29 is 14.3 Å². The Labute approximate surface area is 126 Å². The Morgan fingerprint density at radius 2 is 1.67 bits per heavy atom. The molecule has 0 aliphatic heterocycles. The van der Waals surface area contributed by atoms with E-state index in [9.17, 15) is 9.59 Å². The van der Waals surface area contributed by atoms with Gasteiger partial charge in [-0.25, -0.2) is 0 Å². The Kier molecular flexibility index (Phi) is 6.92. The highest BCUT2D eigenvalue weighted by Gasteiger charge is 2.12. The van der Waals surface area contributed by atoms with Crippen LogP contribution in [0, 0.1) is 5.92 Å². The molecular formula is C17H25NO3. The zero-order valence-corrected chi connectivity index (χ0v) is 13.3. The number of hydrogen-bond acceptors (Lipinski definition) is 3. The van der Waals surface area contributed by atoms with Crippen LogP contribution in [-0.2, 0) is 27.2 Å². The van der Waals surface area contributed by atoms with Crippen LogP contribution in [0.2, 0.25) is 0 Å². The van der Waals surface area contributed by atoms with E-state index in [-0.39, 0.29) is 24.3 Å². The number of benzene rings is 1. The zero-order chi connectivity index (χ0) is 15.8. The Morgan fingerprint density at radius 1 is 1.10 bits per heavy atom. The van der Waals surface area contributed by atoms with Crippen LogP contribution in [0.1, 0.15) is 38.3 Å². The van der Waals surface area contributed by atoms with E-state index >= 15 is 0 Å². The van der Waals surface area contributed by atoms with Gasteiger partial charge in [-0.15, -0.1) is 0 Å². The second kappa shape index (κ2) is 8.45. The molecule has 1 aromatic carbocycles. The monoisotopic (exact) mass is 291 g/mol. The molecule has 1 atom stereocenters. The summed E-state index contributed by atoms with van der Waals surface area (Å²) >= 11 is 0. The fourth-order valence-electron chi connectivity index (χ4n) is 2.16. The van der Waals surface area contributed by atoms with Crippen molar-refractivity contribution in [2.24, 2.45) is 5.92 Å². The van der Waals surface area contributed by atoms with Gasteiger partial charge in [-0.3, -0.25) is 9.59 Å². The van der Waals surface area contributed by atoms with Crippen LogP contribution in [0.25, 0.3) is 0 Å². The molecule has 4 nitrogen and oxygen atoms in total. The molecule has 0 saturated carbocycles. The lowest BCUT2D eigenvalue weighted by Gasteiger charge is -2.13. The van der Waals surface area contributed by atoms with Crippen LogP contribution in [0.4, 0.5) is 0 Å². The molecule has 0 saturated heterocycles. The second-order valence-corrected chi connectivity index (χ2v) is 5.84. The first-order valence-electron chi connectivity index (χ1n) is 7.34. The van der Waals surface area contributed by atoms with Crippen molar-refractivity contribution in [2.75, 3.05) is 7.11 Å². The maximum Gasteiger partial charge on any atom is 0.307 e. The smallest absolute Gasteiger partial charge is 0.307 e. The highest BCUT2D eigenvalue weighted by atomic mass is 16.5. The highest BCUT2D eigenvalue weighted by Crippen LogP contribution is 2.10. The summed E-state index contributed by atoms with van der Waals surface area (Å²) in [4.78, 5) is 23.0. The largest absolute Gasteiger partial charge is 0.469 e. The number of rotatable bonds is 7. The van der Waals surface area contributed by atoms with Crippen molar-refractivity contribution in [3.05, 3.63) is 35.4 Å². The predicted octanol–water partition coefficient (Wildman–Crippen LogP) is 2.50. The first-order valence-corrected chi connectivity index (χ1v) is 7.34. The maximum atomic E-state index is 11.9. The Hall–Kier alpha value is -1.84. The van der Waals surface area contributed by atoms with Crippen molar-refractivity contribution in [3.63, 3.8) is 0 Å². The molecule has 0 aromatic heterocycles. The van der Waals surface area contributed by atoms with Crippen molar-refractivity contribution >= 4 is 11.9 Å². The van der Waals surface area contributed by atoms with Crippen molar-refractivity contribution in [2.45, 2.75) is 46.1 Å². The Morgan fingerprint density at radius 3 is 2.19 bits per heavy atom. The molecule has 1 N–H and O–H groups in total. The molecule has 1 unspecified atom stereocenters. The molecule has 0 aliphatic carbocycles. The molecule has 0 spiro atoms. The number of hydrogen-bond donors (Lipinski definition) is 1. The standard InChI is InChI=1S/C17H25NO3/c1-12(2)9-14-5-7-15(8-6-14)11-16(19)18-13(3)10-17(20)21-4/h5-8,12-13H,9-11H2,1-4H3,(H,18,19). The van der Waals surface area contributed by atoms with Gasteiger partial charge in [0.1, 0.15) is 0 Å². The van der Waals surface area contributed by atoms with Crippen molar-refractivity contribution in [3.8, 4) is 0 Å². The number of ether oxygens (including phenoxy) is 1. The molecule has 0 heterocycles. The minimum Gasteiger partial charge on any atom is -0.469 e. The molecule has 0 fully saturated rings. The first kappa shape index (κ1) is 17.2. The Balaban J connectivity index is 2.45. The van der Waals surface area contributed by atoms with Gasteiger partial charge in [0, 0.05) is 6.04 Å². The number of carbonyl (C=O) groups excluding carboxylic acids is 2. The molecule has 0 bridgehead atoms. The number of carbonyl (C=O) groups is 2. The summed E-state index contributed by atoms with van der Waals surface area (Å²) in [6.45, 7) is 6.16. The maximum absolute atomic E-state index is 11.9. The van der Waals surface area contributed by atoms with Gasteiger partial charge in [-0.05, 0) is 30.4 Å². The summed E-state index contributed by atoms with van der Waals surface area (Å²) < 4.78 is 4.58. The summed E-state index contributed by atoms with van der Waals surface area (Å²) in [5.74, 6) is 0.224. The molecule has 1 rings (SSSR count). The Bertz CT molecular complexity index is 465. The summed E-state index contributed by atoms with van der Waals surface area (Å²) in [5.41, 5.74) is 2.26. The summed E-state index contributed by atoms with van der Waals surface area (Å²) in [6, 6.07) is 7.90. The van der Waals surface area contributed by atoms with Gasteiger partial charge in [0.25, 0.3) is 0 Å². The molecule has 0 radical (unpaired) electrons. The quantitative estimate of drug-likeness (QED) is 0.785. The third kappa shape index (κ3) is 6.93. The van der Waals surface area contributed by atoms with E-state index in [0.717, 1.165) is 12.0 Å². The van der Waals surface area contributed by atoms with Gasteiger partial charge >= 0.3 is 5.97 Å². The van der Waals surface area contributed by atoms with Gasteiger partial charge in [-0.2, -0.15) is 0 Å². The lowest BCUT2D eigenvalue weighted by atomic mass is 10.0. The molecule has 0 aliphatic rings. The SMILES string of the molecule is COC(=O)CC(C)NC(=O)Cc1ccc(CC(C)C)cc1. The van der Waals surface area contributed by atoms with E-state index in [1.165, 1.54) is 12.7 Å². The van der Waals surface area contributed by atoms with Crippen molar-refractivity contribution in [1.29, 1.82) is 0 Å². The molecular weight excluding hydrogens is 266 g/mol. The van der Waals surface area contributed by atoms with E-state index in [1.54, 1.807) is 6.92 Å². The number of esters is 1. The third-order valence-electron chi connectivity index (χ3n) is 3.14.